The largest absolute Gasteiger partial charge is 0.373 e. The summed E-state index contributed by atoms with van der Waals surface area (Å²) in [5, 5.41) is 3.13. The van der Waals surface area contributed by atoms with Gasteiger partial charge in [0, 0.05) is 38.2 Å². The molecule has 0 bridgehead atoms. The van der Waals surface area contributed by atoms with Crippen LogP contribution < -0.4 is 10.2 Å². The monoisotopic (exact) mass is 179 g/mol. The van der Waals surface area contributed by atoms with Crippen molar-refractivity contribution in [3.05, 3.63) is 24.0 Å². The molecular weight excluding hydrogens is 162 g/mol. The van der Waals surface area contributed by atoms with Gasteiger partial charge in [-0.2, -0.15) is 0 Å². The van der Waals surface area contributed by atoms with Crippen LogP contribution in [0.15, 0.2) is 18.5 Å². The standard InChI is InChI=1S/C10H17N3/c1-9-8-12-5-4-10(9)13(3)7-6-11-2/h4-5,8,11H,6-7H2,1-3H3. The zero-order valence-electron chi connectivity index (χ0n) is 8.54. The molecule has 0 atom stereocenters. The topological polar surface area (TPSA) is 28.2 Å². The lowest BCUT2D eigenvalue weighted by Crippen LogP contribution is -2.27. The van der Waals surface area contributed by atoms with Gasteiger partial charge in [0.2, 0.25) is 0 Å². The second kappa shape index (κ2) is 4.82. The Kier molecular flexibility index (Phi) is 3.71. The second-order valence-electron chi connectivity index (χ2n) is 3.19. The van der Waals surface area contributed by atoms with Gasteiger partial charge in [0.05, 0.1) is 0 Å². The number of pyridine rings is 1. The number of rotatable bonds is 4. The smallest absolute Gasteiger partial charge is 0.0424 e. The summed E-state index contributed by atoms with van der Waals surface area (Å²) in [6.07, 6.45) is 3.73. The van der Waals surface area contributed by atoms with Gasteiger partial charge in [-0.3, -0.25) is 4.98 Å². The number of hydrogen-bond acceptors (Lipinski definition) is 3. The highest BCUT2D eigenvalue weighted by Crippen LogP contribution is 2.15. The maximum absolute atomic E-state index is 4.07. The molecule has 72 valence electrons. The molecule has 1 rings (SSSR count). The molecular formula is C10H17N3. The van der Waals surface area contributed by atoms with Gasteiger partial charge >= 0.3 is 0 Å². The molecule has 0 spiro atoms. The van der Waals surface area contributed by atoms with E-state index in [4.69, 9.17) is 0 Å². The number of anilines is 1. The Morgan fingerprint density at radius 3 is 2.92 bits per heavy atom. The maximum Gasteiger partial charge on any atom is 0.0424 e. The van der Waals surface area contributed by atoms with Crippen LogP contribution in [0.2, 0.25) is 0 Å². The van der Waals surface area contributed by atoms with Crippen molar-refractivity contribution in [3.63, 3.8) is 0 Å². The highest BCUT2D eigenvalue weighted by atomic mass is 15.1. The van der Waals surface area contributed by atoms with Gasteiger partial charge in [-0.15, -0.1) is 0 Å². The number of hydrogen-bond donors (Lipinski definition) is 1. The van der Waals surface area contributed by atoms with Crippen LogP contribution in [0.3, 0.4) is 0 Å². The van der Waals surface area contributed by atoms with Gasteiger partial charge in [-0.1, -0.05) is 0 Å². The first-order chi connectivity index (χ1) is 6.25. The Bertz CT molecular complexity index is 260. The molecule has 0 amide bonds. The van der Waals surface area contributed by atoms with Crippen molar-refractivity contribution in [2.24, 2.45) is 0 Å². The molecule has 0 aliphatic carbocycles. The summed E-state index contributed by atoms with van der Waals surface area (Å²) >= 11 is 0. The molecule has 0 radical (unpaired) electrons. The summed E-state index contributed by atoms with van der Waals surface area (Å²) in [6.45, 7) is 4.10. The Morgan fingerprint density at radius 2 is 2.31 bits per heavy atom. The normalized spacial score (nSPS) is 10.1. The van der Waals surface area contributed by atoms with Crippen molar-refractivity contribution in [2.45, 2.75) is 6.92 Å². The molecule has 0 fully saturated rings. The fourth-order valence-corrected chi connectivity index (χ4v) is 1.29. The van der Waals surface area contributed by atoms with E-state index in [2.05, 4.69) is 29.2 Å². The molecule has 1 aromatic rings. The van der Waals surface area contributed by atoms with E-state index < -0.39 is 0 Å². The number of likely N-dealkylation sites (N-methyl/N-ethyl adjacent to an activating group) is 2. The fourth-order valence-electron chi connectivity index (χ4n) is 1.29. The zero-order valence-corrected chi connectivity index (χ0v) is 8.54. The van der Waals surface area contributed by atoms with Crippen molar-refractivity contribution in [1.82, 2.24) is 10.3 Å². The Hall–Kier alpha value is -1.09. The van der Waals surface area contributed by atoms with Crippen LogP contribution in [-0.4, -0.2) is 32.2 Å². The summed E-state index contributed by atoms with van der Waals surface area (Å²) in [4.78, 5) is 6.29. The highest BCUT2D eigenvalue weighted by molar-refractivity contribution is 5.50. The summed E-state index contributed by atoms with van der Waals surface area (Å²) in [6, 6.07) is 2.05. The van der Waals surface area contributed by atoms with E-state index in [0.29, 0.717) is 0 Å². The molecule has 0 aliphatic rings. The molecule has 0 unspecified atom stereocenters. The van der Waals surface area contributed by atoms with E-state index >= 15 is 0 Å². The van der Waals surface area contributed by atoms with Crippen LogP contribution in [-0.2, 0) is 0 Å². The molecule has 1 heterocycles. The van der Waals surface area contributed by atoms with Crippen molar-refractivity contribution < 1.29 is 0 Å². The van der Waals surface area contributed by atoms with Gasteiger partial charge in [-0.25, -0.2) is 0 Å². The molecule has 1 aromatic heterocycles. The lowest BCUT2D eigenvalue weighted by atomic mass is 10.2. The van der Waals surface area contributed by atoms with E-state index in [-0.39, 0.29) is 0 Å². The molecule has 1 N–H and O–H groups in total. The molecule has 3 heteroatoms. The molecule has 0 saturated heterocycles. The van der Waals surface area contributed by atoms with Crippen LogP contribution in [0, 0.1) is 6.92 Å². The number of nitrogens with one attached hydrogen (secondary N) is 1. The van der Waals surface area contributed by atoms with Crippen molar-refractivity contribution in [3.8, 4) is 0 Å². The second-order valence-corrected chi connectivity index (χ2v) is 3.19. The van der Waals surface area contributed by atoms with E-state index in [0.717, 1.165) is 13.1 Å². The van der Waals surface area contributed by atoms with Gasteiger partial charge in [0.15, 0.2) is 0 Å². The van der Waals surface area contributed by atoms with Crippen molar-refractivity contribution in [2.75, 3.05) is 32.1 Å². The zero-order chi connectivity index (χ0) is 9.68. The molecule has 0 aliphatic heterocycles. The number of aromatic nitrogens is 1. The lowest BCUT2D eigenvalue weighted by molar-refractivity contribution is 0.766. The van der Waals surface area contributed by atoms with Crippen LogP contribution >= 0.6 is 0 Å². The predicted molar refractivity (Wildman–Crippen MR) is 56.2 cm³/mol. The summed E-state index contributed by atoms with van der Waals surface area (Å²) in [5.41, 5.74) is 2.48. The lowest BCUT2D eigenvalue weighted by Gasteiger charge is -2.20. The van der Waals surface area contributed by atoms with Crippen LogP contribution in [0.25, 0.3) is 0 Å². The first kappa shape index (κ1) is 9.99. The van der Waals surface area contributed by atoms with Crippen LogP contribution in [0.5, 0.6) is 0 Å². The first-order valence-electron chi connectivity index (χ1n) is 4.52. The predicted octanol–water partition coefficient (Wildman–Crippen LogP) is 1.05. The maximum atomic E-state index is 4.07. The first-order valence-corrected chi connectivity index (χ1v) is 4.52. The minimum atomic E-state index is 0.998. The van der Waals surface area contributed by atoms with E-state index in [1.165, 1.54) is 11.3 Å². The van der Waals surface area contributed by atoms with Crippen LogP contribution in [0.1, 0.15) is 5.56 Å². The molecule has 3 nitrogen and oxygen atoms in total. The minimum Gasteiger partial charge on any atom is -0.373 e. The van der Waals surface area contributed by atoms with Crippen molar-refractivity contribution in [1.29, 1.82) is 0 Å². The SMILES string of the molecule is CNCCN(C)c1ccncc1C. The third-order valence-corrected chi connectivity index (χ3v) is 2.10. The Balaban J connectivity index is 2.65. The fraction of sp³-hybridized carbons (Fsp3) is 0.500. The van der Waals surface area contributed by atoms with E-state index in [1.54, 1.807) is 0 Å². The van der Waals surface area contributed by atoms with Crippen LogP contribution in [0.4, 0.5) is 5.69 Å². The molecule has 0 saturated carbocycles. The average molecular weight is 179 g/mol. The van der Waals surface area contributed by atoms with Gasteiger partial charge < -0.3 is 10.2 Å². The Labute approximate surface area is 79.8 Å². The van der Waals surface area contributed by atoms with Gasteiger partial charge in [0.1, 0.15) is 0 Å². The number of aryl methyl sites for hydroxylation is 1. The third-order valence-electron chi connectivity index (χ3n) is 2.10. The summed E-state index contributed by atoms with van der Waals surface area (Å²) in [7, 11) is 4.06. The molecule has 0 aromatic carbocycles. The number of nitrogens with zero attached hydrogens (tertiary/aromatic N) is 2. The van der Waals surface area contributed by atoms with E-state index in [1.807, 2.05) is 25.5 Å². The van der Waals surface area contributed by atoms with Gasteiger partial charge in [0.25, 0.3) is 0 Å². The third kappa shape index (κ3) is 2.70. The Morgan fingerprint density at radius 1 is 1.54 bits per heavy atom. The highest BCUT2D eigenvalue weighted by Gasteiger charge is 2.02. The molecule has 13 heavy (non-hydrogen) atoms. The summed E-state index contributed by atoms with van der Waals surface area (Å²) in [5.74, 6) is 0. The van der Waals surface area contributed by atoms with Gasteiger partial charge in [-0.05, 0) is 25.6 Å². The minimum absolute atomic E-state index is 0.998. The quantitative estimate of drug-likeness (QED) is 0.748. The van der Waals surface area contributed by atoms with E-state index in [9.17, 15) is 0 Å². The average Bonchev–Trinajstić information content (AvgIpc) is 2.15. The van der Waals surface area contributed by atoms with Crippen molar-refractivity contribution >= 4 is 5.69 Å². The summed E-state index contributed by atoms with van der Waals surface area (Å²) < 4.78 is 0.